The van der Waals surface area contributed by atoms with E-state index in [-0.39, 0.29) is 35.8 Å². The molecular formula is C25H33N3O5S. The van der Waals surface area contributed by atoms with Crippen LogP contribution in [0.25, 0.3) is 0 Å². The summed E-state index contributed by atoms with van der Waals surface area (Å²) in [5, 5.41) is 19.3. The fraction of sp³-hybridized carbons (Fsp3) is 0.480. The second-order valence-corrected chi connectivity index (χ2v) is 10.7. The van der Waals surface area contributed by atoms with E-state index in [0.29, 0.717) is 18.7 Å². The number of pyridine rings is 1. The number of benzene rings is 1. The van der Waals surface area contributed by atoms with Crippen LogP contribution in [0.5, 0.6) is 5.75 Å². The molecule has 1 aromatic heterocycles. The van der Waals surface area contributed by atoms with Crippen LogP contribution >= 0.6 is 0 Å². The Kier molecular flexibility index (Phi) is 8.68. The molecule has 8 nitrogen and oxygen atoms in total. The molecule has 3 rings (SSSR count). The van der Waals surface area contributed by atoms with Crippen molar-refractivity contribution in [1.29, 1.82) is 0 Å². The average Bonchev–Trinajstić information content (AvgIpc) is 2.80. The molecule has 4 atom stereocenters. The molecule has 0 amide bonds. The van der Waals surface area contributed by atoms with Gasteiger partial charge in [-0.05, 0) is 51.2 Å². The van der Waals surface area contributed by atoms with Gasteiger partial charge in [0.05, 0.1) is 12.3 Å². The number of aromatic nitrogens is 1. The van der Waals surface area contributed by atoms with Crippen LogP contribution in [0.15, 0.2) is 47.5 Å². The Labute approximate surface area is 202 Å². The molecule has 0 spiro atoms. The summed E-state index contributed by atoms with van der Waals surface area (Å²) in [7, 11) is -1.94. The molecule has 2 N–H and O–H groups in total. The largest absolute Gasteiger partial charge is 0.487 e. The van der Waals surface area contributed by atoms with Gasteiger partial charge in [-0.2, -0.15) is 4.31 Å². The molecule has 0 unspecified atom stereocenters. The van der Waals surface area contributed by atoms with E-state index in [1.807, 2.05) is 32.2 Å². The number of hydrogen-bond donors (Lipinski definition) is 2. The number of ether oxygens (including phenoxy) is 1. The van der Waals surface area contributed by atoms with Gasteiger partial charge in [-0.3, -0.25) is 9.88 Å². The van der Waals surface area contributed by atoms with Crippen molar-refractivity contribution in [3.05, 3.63) is 53.9 Å². The van der Waals surface area contributed by atoms with Gasteiger partial charge in [0.15, 0.2) is 0 Å². The second kappa shape index (κ2) is 11.3. The number of likely N-dealkylation sites (N-methyl/N-ethyl adjacent to an activating group) is 1. The van der Waals surface area contributed by atoms with Crippen LogP contribution < -0.4 is 4.74 Å². The van der Waals surface area contributed by atoms with Gasteiger partial charge in [0.1, 0.15) is 22.9 Å². The number of aliphatic hydroxyl groups is 2. The molecule has 0 saturated carbocycles. The Morgan fingerprint density at radius 1 is 1.29 bits per heavy atom. The maximum atomic E-state index is 13.5. The third-order valence-corrected chi connectivity index (χ3v) is 7.76. The van der Waals surface area contributed by atoms with Crippen molar-refractivity contribution in [2.24, 2.45) is 5.92 Å². The van der Waals surface area contributed by atoms with Gasteiger partial charge in [0.25, 0.3) is 0 Å². The molecule has 184 valence electrons. The highest BCUT2D eigenvalue weighted by atomic mass is 32.2. The van der Waals surface area contributed by atoms with Crippen molar-refractivity contribution in [2.75, 3.05) is 26.7 Å². The zero-order valence-electron chi connectivity index (χ0n) is 20.0. The lowest BCUT2D eigenvalue weighted by atomic mass is 10.0. The fourth-order valence-corrected chi connectivity index (χ4v) is 5.67. The molecular weight excluding hydrogens is 454 g/mol. The summed E-state index contributed by atoms with van der Waals surface area (Å²) in [6.45, 7) is 6.30. The Hall–Kier alpha value is -2.48. The Bertz CT molecular complexity index is 1130. The molecule has 0 radical (unpaired) electrons. The van der Waals surface area contributed by atoms with Gasteiger partial charge in [0.2, 0.25) is 10.0 Å². The van der Waals surface area contributed by atoms with Crippen LogP contribution in [0.2, 0.25) is 0 Å². The van der Waals surface area contributed by atoms with Crippen LogP contribution in [-0.2, 0) is 16.6 Å². The Morgan fingerprint density at radius 2 is 2.06 bits per heavy atom. The number of fused-ring (bicyclic) bond motifs is 1. The molecule has 0 saturated heterocycles. The zero-order valence-corrected chi connectivity index (χ0v) is 20.9. The van der Waals surface area contributed by atoms with Crippen molar-refractivity contribution >= 4 is 10.0 Å². The first-order valence-corrected chi connectivity index (χ1v) is 12.8. The second-order valence-electron chi connectivity index (χ2n) is 8.86. The van der Waals surface area contributed by atoms with E-state index in [1.54, 1.807) is 32.2 Å². The van der Waals surface area contributed by atoms with Crippen LogP contribution in [0.4, 0.5) is 0 Å². The number of nitrogens with zero attached hydrogens (tertiary/aromatic N) is 3. The van der Waals surface area contributed by atoms with E-state index in [4.69, 9.17) is 4.74 Å². The van der Waals surface area contributed by atoms with Crippen molar-refractivity contribution < 1.29 is 23.4 Å². The van der Waals surface area contributed by atoms with Gasteiger partial charge >= 0.3 is 0 Å². The molecule has 0 bridgehead atoms. The van der Waals surface area contributed by atoms with E-state index >= 15 is 0 Å². The molecule has 2 heterocycles. The van der Waals surface area contributed by atoms with Crippen LogP contribution in [0.3, 0.4) is 0 Å². The summed E-state index contributed by atoms with van der Waals surface area (Å²) in [5.41, 5.74) is 1.48. The SMILES string of the molecule is C[C@H](O)C#Cc1ccc2c(c1)O[C@@H](CN(C)Cc1ccccn1)[C@@H](C)CN([C@@H](C)CO)S2(=O)=O. The lowest BCUT2D eigenvalue weighted by Gasteiger charge is -2.37. The minimum atomic E-state index is -3.91. The molecule has 9 heteroatoms. The first kappa shape index (κ1) is 26.1. The van der Waals surface area contributed by atoms with E-state index in [2.05, 4.69) is 21.7 Å². The minimum absolute atomic E-state index is 0.0414. The van der Waals surface area contributed by atoms with Crippen LogP contribution in [0, 0.1) is 17.8 Å². The van der Waals surface area contributed by atoms with Crippen molar-refractivity contribution in [3.63, 3.8) is 0 Å². The van der Waals surface area contributed by atoms with E-state index in [9.17, 15) is 18.6 Å². The average molecular weight is 488 g/mol. The molecule has 1 aromatic carbocycles. The van der Waals surface area contributed by atoms with Gasteiger partial charge < -0.3 is 14.9 Å². The Morgan fingerprint density at radius 3 is 2.71 bits per heavy atom. The lowest BCUT2D eigenvalue weighted by Crippen LogP contribution is -2.49. The molecule has 34 heavy (non-hydrogen) atoms. The maximum Gasteiger partial charge on any atom is 0.247 e. The zero-order chi connectivity index (χ0) is 24.9. The van der Waals surface area contributed by atoms with Crippen LogP contribution in [-0.4, -0.2) is 77.8 Å². The standard InChI is InChI=1S/C25H33N3O5S/c1-18-14-28(19(2)17-29)34(31,32)25-11-10-21(9-8-20(3)30)13-23(25)33-24(18)16-27(4)15-22-7-5-6-12-26-22/h5-7,10-13,18-20,24,29-30H,14-17H2,1-4H3/t18-,19-,20-,24-/m0/s1. The first-order valence-electron chi connectivity index (χ1n) is 11.3. The van der Waals surface area contributed by atoms with E-state index < -0.39 is 22.2 Å². The fourth-order valence-electron chi connectivity index (χ4n) is 3.85. The Balaban J connectivity index is 1.99. The maximum absolute atomic E-state index is 13.5. The van der Waals surface area contributed by atoms with Gasteiger partial charge in [-0.25, -0.2) is 8.42 Å². The summed E-state index contributed by atoms with van der Waals surface area (Å²) < 4.78 is 34.7. The van der Waals surface area contributed by atoms with Crippen molar-refractivity contribution in [1.82, 2.24) is 14.2 Å². The quantitative estimate of drug-likeness (QED) is 0.598. The smallest absolute Gasteiger partial charge is 0.247 e. The number of rotatable bonds is 6. The highest BCUT2D eigenvalue weighted by Gasteiger charge is 2.38. The summed E-state index contributed by atoms with van der Waals surface area (Å²) in [6, 6.07) is 9.88. The predicted molar refractivity (Wildman–Crippen MR) is 130 cm³/mol. The number of sulfonamides is 1. The summed E-state index contributed by atoms with van der Waals surface area (Å²) in [6.07, 6.45) is 0.625. The summed E-state index contributed by atoms with van der Waals surface area (Å²) in [5.74, 6) is 5.59. The number of aliphatic hydroxyl groups excluding tert-OH is 2. The molecule has 1 aliphatic rings. The summed E-state index contributed by atoms with van der Waals surface area (Å²) in [4.78, 5) is 6.51. The molecule has 0 aliphatic carbocycles. The topological polar surface area (TPSA) is 103 Å². The first-order chi connectivity index (χ1) is 16.1. The van der Waals surface area contributed by atoms with Gasteiger partial charge in [0, 0.05) is 43.4 Å². The van der Waals surface area contributed by atoms with E-state index in [0.717, 1.165) is 5.69 Å². The third kappa shape index (κ3) is 6.34. The summed E-state index contributed by atoms with van der Waals surface area (Å²) >= 11 is 0. The molecule has 1 aliphatic heterocycles. The van der Waals surface area contributed by atoms with Gasteiger partial charge in [-0.1, -0.05) is 24.8 Å². The molecule has 0 fully saturated rings. The monoisotopic (exact) mass is 487 g/mol. The highest BCUT2D eigenvalue weighted by molar-refractivity contribution is 7.89. The predicted octanol–water partition coefficient (Wildman–Crippen LogP) is 1.71. The van der Waals surface area contributed by atoms with E-state index in [1.165, 1.54) is 10.4 Å². The van der Waals surface area contributed by atoms with Crippen LogP contribution in [0.1, 0.15) is 32.0 Å². The lowest BCUT2D eigenvalue weighted by molar-refractivity contribution is 0.0730. The van der Waals surface area contributed by atoms with Crippen molar-refractivity contribution in [2.45, 2.75) is 50.5 Å². The van der Waals surface area contributed by atoms with Crippen molar-refractivity contribution in [3.8, 4) is 17.6 Å². The van der Waals surface area contributed by atoms with Gasteiger partial charge in [-0.15, -0.1) is 0 Å². The third-order valence-electron chi connectivity index (χ3n) is 5.74. The minimum Gasteiger partial charge on any atom is -0.487 e. The highest BCUT2D eigenvalue weighted by Crippen LogP contribution is 2.34. The number of hydrogen-bond acceptors (Lipinski definition) is 7. The normalized spacial score (nSPS) is 21.9. The molecule has 2 aromatic rings.